The molecule has 134 valence electrons. The first-order valence-electron chi connectivity index (χ1n) is 9.36. The van der Waals surface area contributed by atoms with E-state index in [1.807, 2.05) is 46.2 Å². The van der Waals surface area contributed by atoms with Gasteiger partial charge in [-0.2, -0.15) is 0 Å². The van der Waals surface area contributed by atoms with Crippen molar-refractivity contribution in [2.24, 2.45) is 5.92 Å². The lowest BCUT2D eigenvalue weighted by molar-refractivity contribution is -0.128. The number of nitrogens with zero attached hydrogens (tertiary/aromatic N) is 2. The molecule has 0 bridgehead atoms. The summed E-state index contributed by atoms with van der Waals surface area (Å²) in [6, 6.07) is 18.4. The van der Waals surface area contributed by atoms with Crippen LogP contribution < -0.4 is 4.90 Å². The monoisotopic (exact) mass is 348 g/mol. The van der Waals surface area contributed by atoms with Crippen LogP contribution in [-0.4, -0.2) is 35.8 Å². The molecule has 2 atom stereocenters. The number of benzene rings is 2. The number of para-hydroxylation sites is 1. The zero-order chi connectivity index (χ0) is 18.1. The van der Waals surface area contributed by atoms with Crippen molar-refractivity contribution >= 4 is 17.5 Å². The smallest absolute Gasteiger partial charge is 0.232 e. The van der Waals surface area contributed by atoms with Gasteiger partial charge >= 0.3 is 0 Å². The van der Waals surface area contributed by atoms with Gasteiger partial charge in [0.15, 0.2) is 0 Å². The zero-order valence-electron chi connectivity index (χ0n) is 15.1. The van der Waals surface area contributed by atoms with Gasteiger partial charge in [0.1, 0.15) is 0 Å². The number of rotatable bonds is 4. The number of anilines is 1. The van der Waals surface area contributed by atoms with Gasteiger partial charge < -0.3 is 9.80 Å². The minimum Gasteiger partial charge on any atom is -0.342 e. The van der Waals surface area contributed by atoms with Gasteiger partial charge in [-0.3, -0.25) is 9.59 Å². The fourth-order valence-corrected chi connectivity index (χ4v) is 4.16. The van der Waals surface area contributed by atoms with E-state index in [1.165, 1.54) is 11.1 Å². The van der Waals surface area contributed by atoms with Gasteiger partial charge in [0.25, 0.3) is 0 Å². The summed E-state index contributed by atoms with van der Waals surface area (Å²) >= 11 is 0. The summed E-state index contributed by atoms with van der Waals surface area (Å²) in [4.78, 5) is 29.3. The molecule has 0 aliphatic carbocycles. The predicted molar refractivity (Wildman–Crippen MR) is 102 cm³/mol. The molecule has 4 rings (SSSR count). The molecular formula is C22H24N2O2. The third-order valence-corrected chi connectivity index (χ3v) is 5.52. The topological polar surface area (TPSA) is 40.6 Å². The molecule has 0 radical (unpaired) electrons. The first kappa shape index (κ1) is 16.8. The maximum atomic E-state index is 13.1. The van der Waals surface area contributed by atoms with Crippen molar-refractivity contribution in [1.82, 2.24) is 4.90 Å². The van der Waals surface area contributed by atoms with Crippen LogP contribution in [0.25, 0.3) is 0 Å². The molecule has 1 saturated heterocycles. The Labute approximate surface area is 154 Å². The van der Waals surface area contributed by atoms with Crippen LogP contribution in [0, 0.1) is 5.92 Å². The molecule has 2 aliphatic rings. The first-order valence-corrected chi connectivity index (χ1v) is 9.36. The normalized spacial score (nSPS) is 22.0. The van der Waals surface area contributed by atoms with Crippen molar-refractivity contribution in [3.63, 3.8) is 0 Å². The molecule has 0 aromatic heterocycles. The molecule has 2 unspecified atom stereocenters. The summed E-state index contributed by atoms with van der Waals surface area (Å²) in [7, 11) is 0. The fourth-order valence-electron chi connectivity index (χ4n) is 4.16. The SMILES string of the molecule is CC1Cc2ccccc2N1C(=O)C1CC(=O)N(CCc2ccccc2)C1. The summed E-state index contributed by atoms with van der Waals surface area (Å²) in [5.41, 5.74) is 3.45. The number of likely N-dealkylation sites (tertiary alicyclic amines) is 1. The molecule has 4 nitrogen and oxygen atoms in total. The molecule has 26 heavy (non-hydrogen) atoms. The number of carbonyl (C=O) groups is 2. The van der Waals surface area contributed by atoms with E-state index in [0.717, 1.165) is 18.5 Å². The second kappa shape index (κ2) is 6.94. The van der Waals surface area contributed by atoms with E-state index in [2.05, 4.69) is 25.1 Å². The van der Waals surface area contributed by atoms with Crippen LogP contribution in [-0.2, 0) is 22.4 Å². The summed E-state index contributed by atoms with van der Waals surface area (Å²) < 4.78 is 0. The first-order chi connectivity index (χ1) is 12.6. The quantitative estimate of drug-likeness (QED) is 0.852. The molecule has 2 aromatic rings. The van der Waals surface area contributed by atoms with Crippen LogP contribution in [0.1, 0.15) is 24.5 Å². The van der Waals surface area contributed by atoms with Gasteiger partial charge in [-0.05, 0) is 37.0 Å². The molecule has 1 fully saturated rings. The van der Waals surface area contributed by atoms with E-state index in [9.17, 15) is 9.59 Å². The molecule has 0 spiro atoms. The Kier molecular flexibility index (Phi) is 4.49. The van der Waals surface area contributed by atoms with Gasteiger partial charge in [-0.15, -0.1) is 0 Å². The number of hydrogen-bond donors (Lipinski definition) is 0. The van der Waals surface area contributed by atoms with Crippen LogP contribution in [0.5, 0.6) is 0 Å². The Morgan fingerprint density at radius 1 is 1.04 bits per heavy atom. The lowest BCUT2D eigenvalue weighted by atomic mass is 10.1. The van der Waals surface area contributed by atoms with E-state index < -0.39 is 0 Å². The van der Waals surface area contributed by atoms with Crippen molar-refractivity contribution in [2.45, 2.75) is 32.2 Å². The fraction of sp³-hybridized carbons (Fsp3) is 0.364. The maximum Gasteiger partial charge on any atom is 0.232 e. The standard InChI is InChI=1S/C22H24N2O2/c1-16-13-18-9-5-6-10-20(18)24(16)22(26)19-14-21(25)23(15-19)12-11-17-7-3-2-4-8-17/h2-10,16,19H,11-15H2,1H3. The zero-order valence-corrected chi connectivity index (χ0v) is 15.1. The Bertz CT molecular complexity index is 818. The van der Waals surface area contributed by atoms with Gasteiger partial charge in [0.05, 0.1) is 5.92 Å². The Morgan fingerprint density at radius 3 is 2.58 bits per heavy atom. The minimum absolute atomic E-state index is 0.0954. The highest BCUT2D eigenvalue weighted by atomic mass is 16.2. The minimum atomic E-state index is -0.230. The van der Waals surface area contributed by atoms with Gasteiger partial charge in [-0.1, -0.05) is 48.5 Å². The van der Waals surface area contributed by atoms with Gasteiger partial charge in [0.2, 0.25) is 11.8 Å². The molecule has 0 N–H and O–H groups in total. The highest BCUT2D eigenvalue weighted by Crippen LogP contribution is 2.34. The highest BCUT2D eigenvalue weighted by Gasteiger charge is 2.40. The van der Waals surface area contributed by atoms with E-state index >= 15 is 0 Å². The predicted octanol–water partition coefficient (Wildman–Crippen LogP) is 3.06. The summed E-state index contributed by atoms with van der Waals surface area (Å²) in [6.45, 7) is 3.30. The Balaban J connectivity index is 1.43. The van der Waals surface area contributed by atoms with Gasteiger partial charge in [0, 0.05) is 31.2 Å². The Morgan fingerprint density at radius 2 is 1.77 bits per heavy atom. The average molecular weight is 348 g/mol. The van der Waals surface area contributed by atoms with Crippen LogP contribution in [0.2, 0.25) is 0 Å². The van der Waals surface area contributed by atoms with E-state index in [4.69, 9.17) is 0 Å². The summed E-state index contributed by atoms with van der Waals surface area (Å²) in [6.07, 6.45) is 2.05. The largest absolute Gasteiger partial charge is 0.342 e. The Hall–Kier alpha value is -2.62. The lowest BCUT2D eigenvalue weighted by Crippen LogP contribution is -2.41. The maximum absolute atomic E-state index is 13.1. The van der Waals surface area contributed by atoms with Crippen LogP contribution in [0.4, 0.5) is 5.69 Å². The molecule has 2 heterocycles. The second-order valence-electron chi connectivity index (χ2n) is 7.37. The van der Waals surface area contributed by atoms with Crippen molar-refractivity contribution in [1.29, 1.82) is 0 Å². The third-order valence-electron chi connectivity index (χ3n) is 5.52. The number of amides is 2. The lowest BCUT2D eigenvalue weighted by Gasteiger charge is -2.26. The average Bonchev–Trinajstić information content (AvgIpc) is 3.19. The van der Waals surface area contributed by atoms with Crippen LogP contribution in [0.3, 0.4) is 0 Å². The molecule has 4 heteroatoms. The molecule has 2 aliphatic heterocycles. The van der Waals surface area contributed by atoms with Gasteiger partial charge in [-0.25, -0.2) is 0 Å². The number of fused-ring (bicyclic) bond motifs is 1. The van der Waals surface area contributed by atoms with Crippen molar-refractivity contribution in [3.8, 4) is 0 Å². The van der Waals surface area contributed by atoms with Crippen LogP contribution >= 0.6 is 0 Å². The molecular weight excluding hydrogens is 324 g/mol. The second-order valence-corrected chi connectivity index (χ2v) is 7.37. The van der Waals surface area contributed by atoms with E-state index in [-0.39, 0.29) is 23.8 Å². The third kappa shape index (κ3) is 3.12. The summed E-state index contributed by atoms with van der Waals surface area (Å²) in [5.74, 6) is -0.0377. The van der Waals surface area contributed by atoms with Crippen molar-refractivity contribution < 1.29 is 9.59 Å². The van der Waals surface area contributed by atoms with E-state index in [0.29, 0.717) is 19.5 Å². The molecule has 0 saturated carbocycles. The number of carbonyl (C=O) groups excluding carboxylic acids is 2. The molecule has 2 amide bonds. The molecule has 2 aromatic carbocycles. The van der Waals surface area contributed by atoms with E-state index in [1.54, 1.807) is 0 Å². The highest BCUT2D eigenvalue weighted by molar-refractivity contribution is 6.01. The number of hydrogen-bond acceptors (Lipinski definition) is 2. The van der Waals surface area contributed by atoms with Crippen LogP contribution in [0.15, 0.2) is 54.6 Å². The van der Waals surface area contributed by atoms with Crippen molar-refractivity contribution in [3.05, 3.63) is 65.7 Å². The van der Waals surface area contributed by atoms with Crippen molar-refractivity contribution in [2.75, 3.05) is 18.0 Å². The summed E-state index contributed by atoms with van der Waals surface area (Å²) in [5, 5.41) is 0.